The van der Waals surface area contributed by atoms with Crippen molar-refractivity contribution in [1.29, 1.82) is 0 Å². The van der Waals surface area contributed by atoms with Crippen LogP contribution in [0.4, 0.5) is 16.0 Å². The fourth-order valence-electron chi connectivity index (χ4n) is 3.95. The van der Waals surface area contributed by atoms with Crippen LogP contribution in [0.5, 0.6) is 0 Å². The highest BCUT2D eigenvalue weighted by molar-refractivity contribution is 7.51. The second kappa shape index (κ2) is 15.5. The van der Waals surface area contributed by atoms with Crippen LogP contribution in [0.15, 0.2) is 25.3 Å². The van der Waals surface area contributed by atoms with Crippen molar-refractivity contribution in [3.63, 3.8) is 0 Å². The number of halogens is 1. The van der Waals surface area contributed by atoms with Crippen molar-refractivity contribution in [2.45, 2.75) is 24.9 Å². The number of fused-ring (bicyclic) bond motifs is 2. The molecule has 4 heterocycles. The highest BCUT2D eigenvalue weighted by atomic mass is 31.2. The summed E-state index contributed by atoms with van der Waals surface area (Å²) in [4.78, 5) is 59.2. The smallest absolute Gasteiger partial charge is 0.350 e. The highest BCUT2D eigenvalue weighted by Gasteiger charge is 2.21. The molecule has 0 saturated heterocycles. The van der Waals surface area contributed by atoms with Gasteiger partial charge in [0, 0.05) is 13.7 Å². The fourth-order valence-corrected chi connectivity index (χ4v) is 4.64. The van der Waals surface area contributed by atoms with E-state index >= 15 is 0 Å². The summed E-state index contributed by atoms with van der Waals surface area (Å²) < 4.78 is 52.8. The number of imidazole rings is 2. The molecule has 0 aliphatic heterocycles. The first-order chi connectivity index (χ1) is 20.3. The summed E-state index contributed by atoms with van der Waals surface area (Å²) in [5.41, 5.74) is 13.4. The van der Waals surface area contributed by atoms with Crippen LogP contribution in [0, 0.1) is 0 Å². The molecule has 0 bridgehead atoms. The van der Waals surface area contributed by atoms with Gasteiger partial charge in [-0.15, -0.1) is 0 Å². The van der Waals surface area contributed by atoms with Gasteiger partial charge in [0.25, 0.3) is 0 Å². The van der Waals surface area contributed by atoms with E-state index in [1.807, 2.05) is 0 Å². The van der Waals surface area contributed by atoms with E-state index in [2.05, 4.69) is 29.9 Å². The SMILES string of the molecule is COCCC(COCP(=O)(O)O)n1cnc2ncnc(N)c21.Nc1ncnc2ncn(C(CCF)COCP(=O)(O)O)c12. The molecule has 0 aliphatic rings. The largest absolute Gasteiger partial charge is 0.385 e. The summed E-state index contributed by atoms with van der Waals surface area (Å²) in [6.45, 7) is -0.197. The van der Waals surface area contributed by atoms with Gasteiger partial charge >= 0.3 is 15.2 Å². The van der Waals surface area contributed by atoms with E-state index in [1.165, 1.54) is 19.0 Å². The monoisotopic (exact) mass is 650 g/mol. The molecule has 0 fully saturated rings. The molecule has 2 atom stereocenters. The van der Waals surface area contributed by atoms with Crippen molar-refractivity contribution in [2.24, 2.45) is 0 Å². The molecular formula is C21H33FN10O9P2. The van der Waals surface area contributed by atoms with Crippen LogP contribution in [0.25, 0.3) is 22.3 Å². The van der Waals surface area contributed by atoms with Crippen LogP contribution >= 0.6 is 15.2 Å². The summed E-state index contributed by atoms with van der Waals surface area (Å²) in [7, 11) is -6.91. The minimum atomic E-state index is -4.27. The van der Waals surface area contributed by atoms with Crippen LogP contribution < -0.4 is 11.5 Å². The van der Waals surface area contributed by atoms with Gasteiger partial charge in [0.15, 0.2) is 22.9 Å². The molecular weight excluding hydrogens is 617 g/mol. The zero-order valence-electron chi connectivity index (χ0n) is 23.0. The van der Waals surface area contributed by atoms with E-state index in [4.69, 9.17) is 45.3 Å². The first-order valence-corrected chi connectivity index (χ1v) is 16.1. The number of aromatic nitrogens is 8. The van der Waals surface area contributed by atoms with Crippen molar-refractivity contribution < 1.29 is 47.3 Å². The highest BCUT2D eigenvalue weighted by Crippen LogP contribution is 2.35. The van der Waals surface area contributed by atoms with E-state index < -0.39 is 40.6 Å². The first-order valence-electron chi connectivity index (χ1n) is 12.5. The van der Waals surface area contributed by atoms with E-state index in [0.29, 0.717) is 35.4 Å². The number of hydrogen-bond donors (Lipinski definition) is 6. The number of hydrogen-bond acceptors (Lipinski definition) is 13. The number of alkyl halides is 1. The Hall–Kier alpha value is -3.19. The van der Waals surface area contributed by atoms with Gasteiger partial charge in [-0.2, -0.15) is 0 Å². The maximum atomic E-state index is 12.7. The standard InChI is InChI=1S/C11H18N5O5P.C10H15FN5O4P/c1-20-3-2-8(4-21-7-22(17,18)19)16-6-15-11-9(16)10(12)13-5-14-11;11-2-1-7(3-20-6-21(17,18)19)16-5-15-10-8(16)9(12)13-4-14-10/h5-6,8H,2-4,7H2,1H3,(H2,12,13,14)(H2,17,18,19);4-5,7H,1-3,6H2,(H2,12,13,14)(H2,17,18,19). The van der Waals surface area contributed by atoms with Crippen LogP contribution in [0.1, 0.15) is 24.9 Å². The molecule has 238 valence electrons. The second-order valence-corrected chi connectivity index (χ2v) is 12.2. The number of nitrogen functional groups attached to an aromatic ring is 2. The van der Waals surface area contributed by atoms with Gasteiger partial charge in [0.1, 0.15) is 36.4 Å². The van der Waals surface area contributed by atoms with E-state index in [1.54, 1.807) is 22.6 Å². The van der Waals surface area contributed by atoms with Crippen molar-refractivity contribution >= 4 is 49.2 Å². The minimum Gasteiger partial charge on any atom is -0.385 e. The molecule has 8 N–H and O–H groups in total. The molecule has 19 nitrogen and oxygen atoms in total. The third-order valence-electron chi connectivity index (χ3n) is 5.81. The molecule has 0 amide bonds. The van der Waals surface area contributed by atoms with Crippen molar-refractivity contribution in [2.75, 3.05) is 57.8 Å². The molecule has 4 aromatic heterocycles. The lowest BCUT2D eigenvalue weighted by molar-refractivity contribution is 0.103. The summed E-state index contributed by atoms with van der Waals surface area (Å²) in [6.07, 6.45) is 4.84. The van der Waals surface area contributed by atoms with Gasteiger partial charge in [-0.25, -0.2) is 29.9 Å². The van der Waals surface area contributed by atoms with Crippen LogP contribution in [-0.4, -0.2) is 105 Å². The van der Waals surface area contributed by atoms with E-state index in [0.717, 1.165) is 0 Å². The van der Waals surface area contributed by atoms with Gasteiger partial charge in [0.2, 0.25) is 0 Å². The zero-order valence-corrected chi connectivity index (χ0v) is 24.7. The van der Waals surface area contributed by atoms with Crippen LogP contribution in [-0.2, 0) is 23.3 Å². The number of nitrogens with two attached hydrogens (primary N) is 2. The summed E-state index contributed by atoms with van der Waals surface area (Å²) >= 11 is 0. The molecule has 2 unspecified atom stereocenters. The number of ether oxygens (including phenoxy) is 3. The Morgan fingerprint density at radius 2 is 1.23 bits per heavy atom. The van der Waals surface area contributed by atoms with Gasteiger partial charge in [0.05, 0.1) is 44.6 Å². The van der Waals surface area contributed by atoms with E-state index in [9.17, 15) is 13.5 Å². The van der Waals surface area contributed by atoms with Gasteiger partial charge in [-0.05, 0) is 12.8 Å². The Morgan fingerprint density at radius 3 is 1.63 bits per heavy atom. The average molecular weight is 651 g/mol. The Labute approximate surface area is 243 Å². The summed E-state index contributed by atoms with van der Waals surface area (Å²) in [6, 6.07) is -0.773. The number of rotatable bonds is 15. The van der Waals surface area contributed by atoms with Crippen molar-refractivity contribution in [3.8, 4) is 0 Å². The molecule has 43 heavy (non-hydrogen) atoms. The molecule has 4 rings (SSSR count). The average Bonchev–Trinajstić information content (AvgIpc) is 3.56. The molecule has 22 heteroatoms. The summed E-state index contributed by atoms with van der Waals surface area (Å²) in [5.74, 6) is 0.469. The lowest BCUT2D eigenvalue weighted by atomic mass is 10.2. The zero-order chi connectivity index (χ0) is 31.6. The molecule has 0 saturated carbocycles. The van der Waals surface area contributed by atoms with Gasteiger partial charge < -0.3 is 54.4 Å². The first kappa shape index (κ1) is 34.3. The van der Waals surface area contributed by atoms with Crippen molar-refractivity contribution in [1.82, 2.24) is 39.0 Å². The van der Waals surface area contributed by atoms with Gasteiger partial charge in [-0.3, -0.25) is 13.5 Å². The second-order valence-electron chi connectivity index (χ2n) is 9.06. The number of nitrogens with zero attached hydrogens (tertiary/aromatic N) is 8. The Kier molecular flexibility index (Phi) is 12.4. The molecule has 0 radical (unpaired) electrons. The predicted molar refractivity (Wildman–Crippen MR) is 150 cm³/mol. The Bertz CT molecular complexity index is 1560. The summed E-state index contributed by atoms with van der Waals surface area (Å²) in [5, 5.41) is 0. The Morgan fingerprint density at radius 1 is 0.791 bits per heavy atom. The third kappa shape index (κ3) is 10.2. The van der Waals surface area contributed by atoms with Crippen LogP contribution in [0.2, 0.25) is 0 Å². The maximum absolute atomic E-state index is 12.7. The third-order valence-corrected chi connectivity index (χ3v) is 6.85. The topological polar surface area (TPSA) is 282 Å². The Balaban J connectivity index is 0.000000236. The molecule has 4 aromatic rings. The molecule has 0 aliphatic carbocycles. The van der Waals surface area contributed by atoms with E-state index in [-0.39, 0.29) is 37.3 Å². The van der Waals surface area contributed by atoms with Gasteiger partial charge in [-0.1, -0.05) is 0 Å². The number of anilines is 2. The lowest BCUT2D eigenvalue weighted by Crippen LogP contribution is -2.18. The predicted octanol–water partition coefficient (Wildman–Crippen LogP) is 0.599. The minimum absolute atomic E-state index is 0.0776. The quantitative estimate of drug-likeness (QED) is 0.0960. The van der Waals surface area contributed by atoms with Crippen molar-refractivity contribution in [3.05, 3.63) is 25.3 Å². The maximum Gasteiger partial charge on any atom is 0.350 e. The fraction of sp³-hybridized carbons (Fsp3) is 0.524. The normalized spacial score (nSPS) is 13.6. The lowest BCUT2D eigenvalue weighted by Gasteiger charge is -2.19. The molecule has 0 aromatic carbocycles. The van der Waals surface area contributed by atoms with Crippen LogP contribution in [0.3, 0.4) is 0 Å². The molecule has 0 spiro atoms. The number of methoxy groups -OCH3 is 1.